The van der Waals surface area contributed by atoms with Gasteiger partial charge >= 0.3 is 0 Å². The van der Waals surface area contributed by atoms with Crippen molar-refractivity contribution in [3.8, 4) is 11.5 Å². The number of hydrogen-bond acceptors (Lipinski definition) is 4. The van der Waals surface area contributed by atoms with Gasteiger partial charge in [0.05, 0.1) is 5.56 Å². The number of halogens is 2. The Labute approximate surface area is 99.8 Å². The molecule has 0 aliphatic rings. The Morgan fingerprint density at radius 1 is 1.38 bits per heavy atom. The maximum absolute atomic E-state index is 13.5. The predicted octanol–water partition coefficient (Wildman–Crippen LogP) is 2.14. The van der Waals surface area contributed by atoms with Crippen molar-refractivity contribution in [3.05, 3.63) is 34.4 Å². The third-order valence-electron chi connectivity index (χ3n) is 1.99. The molecule has 0 atom stereocenters. The lowest BCUT2D eigenvalue weighted by Gasteiger charge is -1.97. The Kier molecular flexibility index (Phi) is 3.31. The lowest BCUT2D eigenvalue weighted by molar-refractivity contribution is 0.503. The monoisotopic (exact) mass is 285 g/mol. The summed E-state index contributed by atoms with van der Waals surface area (Å²) in [7, 11) is 0. The zero-order valence-corrected chi connectivity index (χ0v) is 9.87. The molecule has 0 bridgehead atoms. The first-order valence-corrected chi connectivity index (χ1v) is 5.48. The van der Waals surface area contributed by atoms with Crippen LogP contribution in [0.25, 0.3) is 11.5 Å². The average molecular weight is 286 g/mol. The second-order valence-corrected chi connectivity index (χ2v) is 4.08. The van der Waals surface area contributed by atoms with E-state index in [0.29, 0.717) is 28.9 Å². The first-order valence-electron chi connectivity index (χ1n) is 4.68. The van der Waals surface area contributed by atoms with Gasteiger partial charge in [-0.1, -0.05) is 15.9 Å². The highest BCUT2D eigenvalue weighted by Gasteiger charge is 2.12. The third-order valence-corrected chi connectivity index (χ3v) is 2.48. The number of hydrogen-bond donors (Lipinski definition) is 1. The normalized spacial score (nSPS) is 10.7. The van der Waals surface area contributed by atoms with Crippen LogP contribution >= 0.6 is 15.9 Å². The fraction of sp³-hybridized carbons (Fsp3) is 0.200. The van der Waals surface area contributed by atoms with Crippen LogP contribution in [0.2, 0.25) is 0 Å². The Bertz CT molecular complexity index is 501. The molecule has 0 fully saturated rings. The van der Waals surface area contributed by atoms with Crippen LogP contribution in [0.3, 0.4) is 0 Å². The average Bonchev–Trinajstić information content (AvgIpc) is 2.67. The standard InChI is InChI=1S/C10H9BrFN3O/c11-6-1-2-7(8(12)5-6)10-15-14-9(16-10)3-4-13/h1-2,5H,3-4,13H2. The first kappa shape index (κ1) is 11.2. The van der Waals surface area contributed by atoms with Crippen LogP contribution in [0.1, 0.15) is 5.89 Å². The van der Waals surface area contributed by atoms with Crippen molar-refractivity contribution >= 4 is 15.9 Å². The van der Waals surface area contributed by atoms with Crippen molar-refractivity contribution in [3.63, 3.8) is 0 Å². The van der Waals surface area contributed by atoms with Crippen molar-refractivity contribution in [1.29, 1.82) is 0 Å². The molecule has 1 heterocycles. The minimum absolute atomic E-state index is 0.174. The molecule has 0 radical (unpaired) electrons. The highest BCUT2D eigenvalue weighted by molar-refractivity contribution is 9.10. The van der Waals surface area contributed by atoms with Crippen LogP contribution in [-0.4, -0.2) is 16.7 Å². The summed E-state index contributed by atoms with van der Waals surface area (Å²) in [6.45, 7) is 0.421. The Balaban J connectivity index is 2.35. The van der Waals surface area contributed by atoms with Gasteiger partial charge in [0.25, 0.3) is 5.89 Å². The Morgan fingerprint density at radius 2 is 2.19 bits per heavy atom. The molecule has 1 aromatic heterocycles. The summed E-state index contributed by atoms with van der Waals surface area (Å²) in [6.07, 6.45) is 0.491. The van der Waals surface area contributed by atoms with E-state index < -0.39 is 5.82 Å². The van der Waals surface area contributed by atoms with Crippen molar-refractivity contribution in [2.45, 2.75) is 6.42 Å². The summed E-state index contributed by atoms with van der Waals surface area (Å²) >= 11 is 3.18. The molecule has 0 amide bonds. The number of nitrogens with zero attached hydrogens (tertiary/aromatic N) is 2. The highest BCUT2D eigenvalue weighted by Crippen LogP contribution is 2.24. The Morgan fingerprint density at radius 3 is 2.88 bits per heavy atom. The van der Waals surface area contributed by atoms with Gasteiger partial charge in [-0.3, -0.25) is 0 Å². The first-order chi connectivity index (χ1) is 7.70. The molecule has 16 heavy (non-hydrogen) atoms. The van der Waals surface area contributed by atoms with Crippen molar-refractivity contribution in [2.24, 2.45) is 5.73 Å². The van der Waals surface area contributed by atoms with Crippen LogP contribution < -0.4 is 5.73 Å². The largest absolute Gasteiger partial charge is 0.421 e. The second-order valence-electron chi connectivity index (χ2n) is 3.16. The summed E-state index contributed by atoms with van der Waals surface area (Å²) in [5, 5.41) is 7.54. The molecule has 2 N–H and O–H groups in total. The van der Waals surface area contributed by atoms with Crippen LogP contribution in [-0.2, 0) is 6.42 Å². The highest BCUT2D eigenvalue weighted by atomic mass is 79.9. The van der Waals surface area contributed by atoms with Gasteiger partial charge in [0.2, 0.25) is 5.89 Å². The molecule has 1 aromatic carbocycles. The van der Waals surface area contributed by atoms with Gasteiger partial charge in [-0.2, -0.15) is 0 Å². The van der Waals surface area contributed by atoms with Gasteiger partial charge in [-0.25, -0.2) is 4.39 Å². The van der Waals surface area contributed by atoms with Crippen molar-refractivity contribution in [1.82, 2.24) is 10.2 Å². The molecule has 2 aromatic rings. The molecule has 0 aliphatic carbocycles. The van der Waals surface area contributed by atoms with E-state index in [0.717, 1.165) is 0 Å². The molecule has 0 aliphatic heterocycles. The molecule has 0 saturated carbocycles. The van der Waals surface area contributed by atoms with E-state index in [9.17, 15) is 4.39 Å². The van der Waals surface area contributed by atoms with Crippen LogP contribution in [0.15, 0.2) is 27.1 Å². The maximum atomic E-state index is 13.5. The number of rotatable bonds is 3. The third kappa shape index (κ3) is 2.28. The van der Waals surface area contributed by atoms with E-state index in [1.54, 1.807) is 12.1 Å². The molecular weight excluding hydrogens is 277 g/mol. The predicted molar refractivity (Wildman–Crippen MR) is 60.2 cm³/mol. The van der Waals surface area contributed by atoms with Crippen LogP contribution in [0.5, 0.6) is 0 Å². The van der Waals surface area contributed by atoms with E-state index in [2.05, 4.69) is 26.1 Å². The zero-order chi connectivity index (χ0) is 11.5. The lowest BCUT2D eigenvalue weighted by atomic mass is 10.2. The minimum Gasteiger partial charge on any atom is -0.421 e. The summed E-state index contributed by atoms with van der Waals surface area (Å²) in [4.78, 5) is 0. The zero-order valence-electron chi connectivity index (χ0n) is 8.28. The molecule has 6 heteroatoms. The van der Waals surface area contributed by atoms with Gasteiger partial charge in [-0.15, -0.1) is 10.2 Å². The molecule has 2 rings (SSSR count). The van der Waals surface area contributed by atoms with E-state index >= 15 is 0 Å². The fourth-order valence-corrected chi connectivity index (χ4v) is 1.58. The minimum atomic E-state index is -0.405. The summed E-state index contributed by atoms with van der Waals surface area (Å²) < 4.78 is 19.5. The van der Waals surface area contributed by atoms with Crippen LogP contribution in [0.4, 0.5) is 4.39 Å². The van der Waals surface area contributed by atoms with Crippen LogP contribution in [0, 0.1) is 5.82 Å². The van der Waals surface area contributed by atoms with E-state index in [1.807, 2.05) is 0 Å². The number of benzene rings is 1. The quantitative estimate of drug-likeness (QED) is 0.938. The number of nitrogens with two attached hydrogens (primary N) is 1. The van der Waals surface area contributed by atoms with Crippen molar-refractivity contribution in [2.75, 3.05) is 6.54 Å². The molecule has 0 unspecified atom stereocenters. The van der Waals surface area contributed by atoms with E-state index in [1.165, 1.54) is 6.07 Å². The smallest absolute Gasteiger partial charge is 0.250 e. The van der Waals surface area contributed by atoms with Gasteiger partial charge < -0.3 is 10.2 Å². The lowest BCUT2D eigenvalue weighted by Crippen LogP contribution is -2.02. The summed E-state index contributed by atoms with van der Waals surface area (Å²) in [6, 6.07) is 4.65. The van der Waals surface area contributed by atoms with Gasteiger partial charge in [0, 0.05) is 17.4 Å². The number of aromatic nitrogens is 2. The topological polar surface area (TPSA) is 64.9 Å². The van der Waals surface area contributed by atoms with Crippen molar-refractivity contribution < 1.29 is 8.81 Å². The van der Waals surface area contributed by atoms with Gasteiger partial charge in [0.1, 0.15) is 5.82 Å². The van der Waals surface area contributed by atoms with Gasteiger partial charge in [0.15, 0.2) is 0 Å². The molecule has 0 saturated heterocycles. The summed E-state index contributed by atoms with van der Waals surface area (Å²) in [5.41, 5.74) is 5.64. The Hall–Kier alpha value is -1.27. The van der Waals surface area contributed by atoms with E-state index in [-0.39, 0.29) is 5.89 Å². The van der Waals surface area contributed by atoms with Gasteiger partial charge in [-0.05, 0) is 18.2 Å². The SMILES string of the molecule is NCCc1nnc(-c2ccc(Br)cc2F)o1. The second kappa shape index (κ2) is 4.71. The fourth-order valence-electron chi connectivity index (χ4n) is 1.25. The molecule has 0 spiro atoms. The van der Waals surface area contributed by atoms with E-state index in [4.69, 9.17) is 10.2 Å². The molecule has 4 nitrogen and oxygen atoms in total. The summed E-state index contributed by atoms with van der Waals surface area (Å²) in [5.74, 6) is 0.186. The molecular formula is C10H9BrFN3O. The maximum Gasteiger partial charge on any atom is 0.250 e. The molecule has 84 valence electrons.